The quantitative estimate of drug-likeness (QED) is 0.621. The second kappa shape index (κ2) is 9.41. The molecule has 2 aromatic rings. The summed E-state index contributed by atoms with van der Waals surface area (Å²) in [5.74, 6) is -3.45. The van der Waals surface area contributed by atoms with Gasteiger partial charge in [-0.1, -0.05) is 72.3 Å². The highest BCUT2D eigenvalue weighted by molar-refractivity contribution is 5.49. The van der Waals surface area contributed by atoms with Gasteiger partial charge in [-0.15, -0.1) is 6.58 Å². The Morgan fingerprint density at radius 2 is 1.69 bits per heavy atom. The zero-order valence-electron chi connectivity index (χ0n) is 14.8. The number of halogens is 2. The second-order valence-corrected chi connectivity index (χ2v) is 6.34. The van der Waals surface area contributed by atoms with E-state index in [0.717, 1.165) is 11.1 Å². The van der Waals surface area contributed by atoms with E-state index in [4.69, 9.17) is 4.74 Å². The summed E-state index contributed by atoms with van der Waals surface area (Å²) in [5.41, 5.74) is 2.06. The molecule has 2 rings (SSSR count). The van der Waals surface area contributed by atoms with Gasteiger partial charge in [0.25, 0.3) is 0 Å². The van der Waals surface area contributed by atoms with Crippen LogP contribution in [0.4, 0.5) is 8.78 Å². The van der Waals surface area contributed by atoms with Crippen LogP contribution >= 0.6 is 0 Å². The molecule has 2 aromatic carbocycles. The summed E-state index contributed by atoms with van der Waals surface area (Å²) in [7, 11) is 0. The molecule has 2 atom stereocenters. The van der Waals surface area contributed by atoms with Crippen LogP contribution in [0.3, 0.4) is 0 Å². The number of hydrogen-bond acceptors (Lipinski definition) is 2. The molecule has 0 aliphatic heterocycles. The van der Waals surface area contributed by atoms with E-state index >= 15 is 0 Å². The number of alkyl halides is 2. The maximum Gasteiger partial charge on any atom is 0.302 e. The fraction of sp³-hybridized carbons (Fsp3) is 0.273. The average Bonchev–Trinajstić information content (AvgIpc) is 2.62. The molecule has 0 fully saturated rings. The van der Waals surface area contributed by atoms with Crippen molar-refractivity contribution in [2.45, 2.75) is 38.1 Å². The normalized spacial score (nSPS) is 14.3. The molecule has 2 nitrogen and oxygen atoms in total. The smallest absolute Gasteiger partial charge is 0.302 e. The Hall–Kier alpha value is -2.30. The van der Waals surface area contributed by atoms with E-state index in [1.807, 2.05) is 48.5 Å². The molecule has 0 bridgehead atoms. The molecule has 0 saturated carbocycles. The Balaban J connectivity index is 2.19. The summed E-state index contributed by atoms with van der Waals surface area (Å²) < 4.78 is 35.1. The highest BCUT2D eigenvalue weighted by Gasteiger charge is 2.46. The van der Waals surface area contributed by atoms with Crippen molar-refractivity contribution in [3.63, 3.8) is 0 Å². The van der Waals surface area contributed by atoms with Gasteiger partial charge >= 0.3 is 5.92 Å². The third-order valence-corrected chi connectivity index (χ3v) is 3.90. The average molecular weight is 358 g/mol. The Labute approximate surface area is 153 Å². The Kier molecular flexibility index (Phi) is 7.25. The van der Waals surface area contributed by atoms with Crippen molar-refractivity contribution < 1.29 is 18.6 Å². The van der Waals surface area contributed by atoms with Crippen molar-refractivity contribution in [3.8, 4) is 0 Å². The van der Waals surface area contributed by atoms with E-state index < -0.39 is 18.1 Å². The fourth-order valence-electron chi connectivity index (χ4n) is 2.47. The molecule has 0 unspecified atom stereocenters. The summed E-state index contributed by atoms with van der Waals surface area (Å²) in [6.45, 7) is 5.24. The molecule has 0 aromatic heterocycles. The molecule has 0 heterocycles. The first-order valence-electron chi connectivity index (χ1n) is 8.48. The lowest BCUT2D eigenvalue weighted by atomic mass is 9.99. The number of benzene rings is 2. The molecular formula is C22H24F2O2. The summed E-state index contributed by atoms with van der Waals surface area (Å²) >= 11 is 0. The number of rotatable bonds is 9. The summed E-state index contributed by atoms with van der Waals surface area (Å²) in [5, 5.41) is 9.99. The molecule has 0 spiro atoms. The van der Waals surface area contributed by atoms with Crippen molar-refractivity contribution in [1.29, 1.82) is 0 Å². The predicted molar refractivity (Wildman–Crippen MR) is 101 cm³/mol. The molecular weight excluding hydrogens is 334 g/mol. The van der Waals surface area contributed by atoms with Crippen molar-refractivity contribution in [2.75, 3.05) is 0 Å². The van der Waals surface area contributed by atoms with Crippen LogP contribution in [0.15, 0.2) is 78.9 Å². The lowest BCUT2D eigenvalue weighted by Gasteiger charge is -2.29. The number of aliphatic hydroxyl groups excluding tert-OH is 1. The molecule has 0 saturated heterocycles. The van der Waals surface area contributed by atoms with E-state index in [2.05, 4.69) is 6.58 Å². The van der Waals surface area contributed by atoms with Gasteiger partial charge in [-0.2, -0.15) is 0 Å². The largest absolute Gasteiger partial charge is 0.386 e. The Morgan fingerprint density at radius 3 is 2.27 bits per heavy atom. The minimum atomic E-state index is -3.45. The van der Waals surface area contributed by atoms with E-state index in [-0.39, 0.29) is 13.0 Å². The van der Waals surface area contributed by atoms with Crippen molar-refractivity contribution in [1.82, 2.24) is 0 Å². The predicted octanol–water partition coefficient (Wildman–Crippen LogP) is 5.25. The molecule has 0 amide bonds. The second-order valence-electron chi connectivity index (χ2n) is 6.34. The van der Waals surface area contributed by atoms with Gasteiger partial charge in [-0.05, 0) is 30.5 Å². The third kappa shape index (κ3) is 5.90. The fourth-order valence-corrected chi connectivity index (χ4v) is 2.47. The zero-order chi connectivity index (χ0) is 19.0. The summed E-state index contributed by atoms with van der Waals surface area (Å²) in [6.07, 6.45) is -0.715. The van der Waals surface area contributed by atoms with E-state index in [1.165, 1.54) is 6.08 Å². The van der Waals surface area contributed by atoms with E-state index in [0.29, 0.717) is 5.57 Å². The minimum Gasteiger partial charge on any atom is -0.386 e. The molecule has 1 N–H and O–H groups in total. The first-order valence-corrected chi connectivity index (χ1v) is 8.48. The highest BCUT2D eigenvalue weighted by atomic mass is 19.3. The standard InChI is InChI=1S/C22H24F2O2/c1-17(2)15-20(25)22(23,24)21(14-13-18-9-5-3-6-10-18)26-16-19-11-7-4-8-12-19/h3-14,20-21,25H,1,15-16H2,2H3/b14-13+/t20-,21-/m1/s1. The SMILES string of the molecule is C=C(C)C[C@@H](O)C(F)(F)[C@@H](/C=C/c1ccccc1)OCc1ccccc1. The first-order chi connectivity index (χ1) is 12.4. The lowest BCUT2D eigenvalue weighted by molar-refractivity contribution is -0.180. The van der Waals surface area contributed by atoms with Crippen LogP contribution < -0.4 is 0 Å². The molecule has 0 radical (unpaired) electrons. The van der Waals surface area contributed by atoms with Crippen LogP contribution in [-0.2, 0) is 11.3 Å². The van der Waals surface area contributed by atoms with Crippen molar-refractivity contribution >= 4 is 6.08 Å². The number of aliphatic hydroxyl groups is 1. The zero-order valence-corrected chi connectivity index (χ0v) is 14.8. The maximum atomic E-state index is 14.8. The van der Waals surface area contributed by atoms with Gasteiger partial charge in [0.05, 0.1) is 6.61 Å². The van der Waals surface area contributed by atoms with Gasteiger partial charge in [-0.3, -0.25) is 0 Å². The van der Waals surface area contributed by atoms with Crippen molar-refractivity contribution in [2.24, 2.45) is 0 Å². The molecule has 0 aliphatic carbocycles. The van der Waals surface area contributed by atoms with Gasteiger partial charge < -0.3 is 9.84 Å². The highest BCUT2D eigenvalue weighted by Crippen LogP contribution is 2.31. The topological polar surface area (TPSA) is 29.5 Å². The first kappa shape index (κ1) is 20.0. The number of hydrogen-bond donors (Lipinski definition) is 1. The monoisotopic (exact) mass is 358 g/mol. The van der Waals surface area contributed by atoms with E-state index in [1.54, 1.807) is 25.1 Å². The third-order valence-electron chi connectivity index (χ3n) is 3.90. The summed E-state index contributed by atoms with van der Waals surface area (Å²) in [6, 6.07) is 18.2. The van der Waals surface area contributed by atoms with Crippen LogP contribution in [0, 0.1) is 0 Å². The Morgan fingerprint density at radius 1 is 1.12 bits per heavy atom. The number of ether oxygens (including phenoxy) is 1. The minimum absolute atomic E-state index is 0.0278. The van der Waals surface area contributed by atoms with Gasteiger partial charge in [0.1, 0.15) is 12.2 Å². The van der Waals surface area contributed by atoms with Gasteiger partial charge in [0, 0.05) is 0 Å². The Bertz CT molecular complexity index is 711. The van der Waals surface area contributed by atoms with Crippen LogP contribution in [-0.4, -0.2) is 23.2 Å². The van der Waals surface area contributed by atoms with E-state index in [9.17, 15) is 13.9 Å². The van der Waals surface area contributed by atoms with Crippen LogP contribution in [0.5, 0.6) is 0 Å². The van der Waals surface area contributed by atoms with Gasteiger partial charge in [0.2, 0.25) is 0 Å². The summed E-state index contributed by atoms with van der Waals surface area (Å²) in [4.78, 5) is 0. The van der Waals surface area contributed by atoms with Gasteiger partial charge in [0.15, 0.2) is 0 Å². The van der Waals surface area contributed by atoms with Gasteiger partial charge in [-0.25, -0.2) is 8.78 Å². The maximum absolute atomic E-state index is 14.8. The molecule has 4 heteroatoms. The molecule has 26 heavy (non-hydrogen) atoms. The van der Waals surface area contributed by atoms with Crippen LogP contribution in [0.2, 0.25) is 0 Å². The lowest BCUT2D eigenvalue weighted by Crippen LogP contribution is -2.45. The van der Waals surface area contributed by atoms with Crippen LogP contribution in [0.25, 0.3) is 6.08 Å². The van der Waals surface area contributed by atoms with Crippen molar-refractivity contribution in [3.05, 3.63) is 90.0 Å². The molecule has 138 valence electrons. The van der Waals surface area contributed by atoms with Crippen LogP contribution in [0.1, 0.15) is 24.5 Å². The molecule has 0 aliphatic rings.